The van der Waals surface area contributed by atoms with Gasteiger partial charge in [0.25, 0.3) is 5.91 Å². The summed E-state index contributed by atoms with van der Waals surface area (Å²) in [6.07, 6.45) is 0. The molecule has 3 aromatic rings. The van der Waals surface area contributed by atoms with Crippen molar-refractivity contribution in [3.05, 3.63) is 47.1 Å². The van der Waals surface area contributed by atoms with Gasteiger partial charge < -0.3 is 29.9 Å². The van der Waals surface area contributed by atoms with Crippen molar-refractivity contribution in [2.45, 2.75) is 13.8 Å². The van der Waals surface area contributed by atoms with Gasteiger partial charge in [-0.1, -0.05) is 28.9 Å². The number of nitrogens with zero attached hydrogens (tertiary/aromatic N) is 3. The molecule has 2 aromatic carbocycles. The number of carbonyl (C=O) groups excluding carboxylic acids is 2. The van der Waals surface area contributed by atoms with Crippen LogP contribution in [0.4, 0.5) is 5.69 Å². The zero-order chi connectivity index (χ0) is 24.4. The second-order valence-corrected chi connectivity index (χ2v) is 8.37. The zero-order valence-corrected chi connectivity index (χ0v) is 19.6. The predicted octanol–water partition coefficient (Wildman–Crippen LogP) is 3.49. The molecule has 0 aliphatic carbocycles. The first kappa shape index (κ1) is 23.4. The normalized spacial score (nSPS) is 13.7. The summed E-state index contributed by atoms with van der Waals surface area (Å²) in [5, 5.41) is 27.0. The van der Waals surface area contributed by atoms with Gasteiger partial charge >= 0.3 is 0 Å². The summed E-state index contributed by atoms with van der Waals surface area (Å²) in [5.74, 6) is -0.754. The molecule has 0 radical (unpaired) electrons. The molecule has 1 aliphatic heterocycles. The van der Waals surface area contributed by atoms with Gasteiger partial charge in [0.15, 0.2) is 11.5 Å². The highest BCUT2D eigenvalue weighted by Crippen LogP contribution is 2.43. The van der Waals surface area contributed by atoms with E-state index in [1.807, 2.05) is 29.2 Å². The number of nitrogens with one attached hydrogen (secondary N) is 1. The number of phenols is 2. The van der Waals surface area contributed by atoms with Gasteiger partial charge in [-0.15, -0.1) is 0 Å². The maximum atomic E-state index is 12.8. The Hall–Kier alpha value is -3.72. The minimum atomic E-state index is -0.419. The van der Waals surface area contributed by atoms with E-state index in [4.69, 9.17) is 16.1 Å². The molecule has 2 amide bonds. The Bertz CT molecular complexity index is 1230. The topological polar surface area (TPSA) is 119 Å². The van der Waals surface area contributed by atoms with Gasteiger partial charge in [0.1, 0.15) is 11.5 Å². The Balaban J connectivity index is 1.79. The third-order valence-corrected chi connectivity index (χ3v) is 6.08. The van der Waals surface area contributed by atoms with Crippen LogP contribution in [0.15, 0.2) is 40.9 Å². The van der Waals surface area contributed by atoms with E-state index in [-0.39, 0.29) is 39.4 Å². The average molecular weight is 485 g/mol. The molecule has 4 rings (SSSR count). The van der Waals surface area contributed by atoms with Gasteiger partial charge in [-0.2, -0.15) is 0 Å². The van der Waals surface area contributed by atoms with Crippen LogP contribution < -0.4 is 10.2 Å². The fourth-order valence-corrected chi connectivity index (χ4v) is 4.18. The lowest BCUT2D eigenvalue weighted by molar-refractivity contribution is -0.129. The number of hydrogen-bond donors (Lipinski definition) is 3. The summed E-state index contributed by atoms with van der Waals surface area (Å²) in [7, 11) is 0. The van der Waals surface area contributed by atoms with Crippen LogP contribution >= 0.6 is 11.6 Å². The molecule has 2 heterocycles. The van der Waals surface area contributed by atoms with Crippen LogP contribution in [0.2, 0.25) is 5.02 Å². The van der Waals surface area contributed by atoms with Crippen molar-refractivity contribution in [3.63, 3.8) is 0 Å². The molecule has 178 valence electrons. The highest BCUT2D eigenvalue weighted by molar-refractivity contribution is 6.32. The fourth-order valence-electron chi connectivity index (χ4n) is 4.01. The number of rotatable bonds is 5. The SMILES string of the molecule is CCNC(=O)c1noc(-c2cc(Cl)c(O)cc2O)c1-c1cccc(N2CCN(C(C)=O)CC2)c1. The third kappa shape index (κ3) is 4.51. The van der Waals surface area contributed by atoms with Crippen molar-refractivity contribution in [3.8, 4) is 33.9 Å². The number of halogens is 1. The molecule has 34 heavy (non-hydrogen) atoms. The lowest BCUT2D eigenvalue weighted by Crippen LogP contribution is -2.48. The van der Waals surface area contributed by atoms with Crippen LogP contribution in [0.1, 0.15) is 24.3 Å². The van der Waals surface area contributed by atoms with Crippen molar-refractivity contribution in [1.82, 2.24) is 15.4 Å². The first-order valence-electron chi connectivity index (χ1n) is 10.9. The molecule has 1 saturated heterocycles. The van der Waals surface area contributed by atoms with Crippen LogP contribution in [0.25, 0.3) is 22.5 Å². The smallest absolute Gasteiger partial charge is 0.274 e. The number of aromatic nitrogens is 1. The number of aromatic hydroxyl groups is 2. The summed E-state index contributed by atoms with van der Waals surface area (Å²) < 4.78 is 5.54. The third-order valence-electron chi connectivity index (χ3n) is 5.78. The standard InChI is InChI=1S/C24H25ClN4O5/c1-3-26-24(33)22-21(23(34-27-22)17-12-18(25)20(32)13-19(17)31)15-5-4-6-16(11-15)29-9-7-28(8-10-29)14(2)30/h4-6,11-13,31-32H,3,7-10H2,1-2H3,(H,26,33). The van der Waals surface area contributed by atoms with Crippen molar-refractivity contribution < 1.29 is 24.3 Å². The predicted molar refractivity (Wildman–Crippen MR) is 128 cm³/mol. The number of piperazine rings is 1. The van der Waals surface area contributed by atoms with Crippen molar-refractivity contribution in [2.24, 2.45) is 0 Å². The number of carbonyl (C=O) groups is 2. The Morgan fingerprint density at radius 2 is 1.85 bits per heavy atom. The molecule has 0 spiro atoms. The van der Waals surface area contributed by atoms with E-state index < -0.39 is 5.91 Å². The highest BCUT2D eigenvalue weighted by Gasteiger charge is 2.27. The molecule has 0 atom stereocenters. The molecule has 9 nitrogen and oxygen atoms in total. The number of amides is 2. The molecule has 0 bridgehead atoms. The summed E-state index contributed by atoms with van der Waals surface area (Å²) in [5.41, 5.74) is 2.24. The van der Waals surface area contributed by atoms with Crippen LogP contribution in [0.3, 0.4) is 0 Å². The number of benzene rings is 2. The quantitative estimate of drug-likeness (QED) is 0.507. The van der Waals surface area contributed by atoms with Gasteiger partial charge in [-0.3, -0.25) is 9.59 Å². The minimum Gasteiger partial charge on any atom is -0.507 e. The largest absolute Gasteiger partial charge is 0.507 e. The maximum Gasteiger partial charge on any atom is 0.274 e. The van der Waals surface area contributed by atoms with Crippen molar-refractivity contribution in [1.29, 1.82) is 0 Å². The monoisotopic (exact) mass is 484 g/mol. The van der Waals surface area contributed by atoms with Crippen LogP contribution in [0.5, 0.6) is 11.5 Å². The zero-order valence-electron chi connectivity index (χ0n) is 18.8. The van der Waals surface area contributed by atoms with E-state index in [9.17, 15) is 19.8 Å². The molecule has 1 aliphatic rings. The van der Waals surface area contributed by atoms with Gasteiger partial charge in [0.2, 0.25) is 5.91 Å². The minimum absolute atomic E-state index is 0.0202. The maximum absolute atomic E-state index is 12.8. The highest BCUT2D eigenvalue weighted by atomic mass is 35.5. The van der Waals surface area contributed by atoms with E-state index in [1.54, 1.807) is 13.8 Å². The fraction of sp³-hybridized carbons (Fsp3) is 0.292. The van der Waals surface area contributed by atoms with Gasteiger partial charge in [0.05, 0.1) is 16.1 Å². The van der Waals surface area contributed by atoms with Gasteiger partial charge in [0, 0.05) is 51.4 Å². The average Bonchev–Trinajstić information content (AvgIpc) is 3.27. The Kier molecular flexibility index (Phi) is 6.65. The van der Waals surface area contributed by atoms with Gasteiger partial charge in [-0.25, -0.2) is 0 Å². The molecule has 1 fully saturated rings. The van der Waals surface area contributed by atoms with Crippen LogP contribution in [-0.4, -0.2) is 64.8 Å². The molecular weight excluding hydrogens is 460 g/mol. The summed E-state index contributed by atoms with van der Waals surface area (Å²) >= 11 is 6.08. The number of hydrogen-bond acceptors (Lipinski definition) is 7. The number of phenolic OH excluding ortho intramolecular Hbond substituents is 2. The first-order valence-corrected chi connectivity index (χ1v) is 11.3. The second kappa shape index (κ2) is 9.64. The van der Waals surface area contributed by atoms with E-state index in [0.29, 0.717) is 43.9 Å². The number of anilines is 1. The Labute approximate surface area is 201 Å². The first-order chi connectivity index (χ1) is 16.3. The van der Waals surface area contributed by atoms with Crippen molar-refractivity contribution in [2.75, 3.05) is 37.6 Å². The second-order valence-electron chi connectivity index (χ2n) is 7.96. The molecule has 1 aromatic heterocycles. The molecule has 10 heteroatoms. The lowest BCUT2D eigenvalue weighted by Gasteiger charge is -2.35. The molecule has 0 unspecified atom stereocenters. The molecular formula is C24H25ClN4O5. The van der Waals surface area contributed by atoms with E-state index >= 15 is 0 Å². The molecule has 3 N–H and O–H groups in total. The lowest BCUT2D eigenvalue weighted by atomic mass is 9.97. The van der Waals surface area contributed by atoms with Crippen molar-refractivity contribution >= 4 is 29.1 Å². The summed E-state index contributed by atoms with van der Waals surface area (Å²) in [4.78, 5) is 28.4. The molecule has 0 saturated carbocycles. The van der Waals surface area contributed by atoms with Crippen LogP contribution in [0, 0.1) is 0 Å². The van der Waals surface area contributed by atoms with E-state index in [0.717, 1.165) is 11.8 Å². The van der Waals surface area contributed by atoms with Gasteiger partial charge in [-0.05, 0) is 30.7 Å². The Morgan fingerprint density at radius 3 is 2.53 bits per heavy atom. The summed E-state index contributed by atoms with van der Waals surface area (Å²) in [6.45, 7) is 6.37. The van der Waals surface area contributed by atoms with Crippen LogP contribution in [-0.2, 0) is 4.79 Å². The van der Waals surface area contributed by atoms with E-state index in [2.05, 4.69) is 15.4 Å². The van der Waals surface area contributed by atoms with E-state index in [1.165, 1.54) is 6.07 Å². The summed E-state index contributed by atoms with van der Waals surface area (Å²) in [6, 6.07) is 10.0. The Morgan fingerprint density at radius 1 is 1.12 bits per heavy atom.